The van der Waals surface area contributed by atoms with Crippen molar-refractivity contribution in [3.8, 4) is 5.75 Å². The molecule has 0 unspecified atom stereocenters. The fourth-order valence-corrected chi connectivity index (χ4v) is 3.92. The molecule has 29 heavy (non-hydrogen) atoms. The zero-order valence-electron chi connectivity index (χ0n) is 16.1. The standard InChI is InChI=1S/C21H22N4O3S/c1-28-18-9-5-4-8-17(18)23-10-12-24(13-11-23)19(26)14-25-20(27)15-6-2-3-7-16(15)22-21(25)29/h2-9H,10-14H2,1H3,(H,22,29). The first-order valence-electron chi connectivity index (χ1n) is 9.46. The molecule has 1 aromatic heterocycles. The number of para-hydroxylation sites is 3. The van der Waals surface area contributed by atoms with E-state index in [4.69, 9.17) is 17.0 Å². The third-order valence-electron chi connectivity index (χ3n) is 5.24. The van der Waals surface area contributed by atoms with E-state index in [1.807, 2.05) is 30.3 Å². The number of aromatic nitrogens is 2. The molecule has 7 nitrogen and oxygen atoms in total. The average Bonchev–Trinajstić information content (AvgIpc) is 2.76. The van der Waals surface area contributed by atoms with E-state index >= 15 is 0 Å². The van der Waals surface area contributed by atoms with Crippen LogP contribution in [0.2, 0.25) is 0 Å². The molecular formula is C21H22N4O3S. The van der Waals surface area contributed by atoms with Crippen molar-refractivity contribution in [1.82, 2.24) is 14.5 Å². The number of aromatic amines is 1. The number of methoxy groups -OCH3 is 1. The highest BCUT2D eigenvalue weighted by Crippen LogP contribution is 2.28. The van der Waals surface area contributed by atoms with Crippen molar-refractivity contribution in [3.63, 3.8) is 0 Å². The fraction of sp³-hybridized carbons (Fsp3) is 0.286. The molecule has 8 heteroatoms. The van der Waals surface area contributed by atoms with Gasteiger partial charge in [-0.05, 0) is 36.5 Å². The van der Waals surface area contributed by atoms with Crippen LogP contribution in [-0.2, 0) is 11.3 Å². The largest absolute Gasteiger partial charge is 0.495 e. The maximum atomic E-state index is 12.8. The lowest BCUT2D eigenvalue weighted by molar-refractivity contribution is -0.132. The summed E-state index contributed by atoms with van der Waals surface area (Å²) in [6.45, 7) is 2.50. The lowest BCUT2D eigenvalue weighted by atomic mass is 10.2. The molecule has 2 aromatic carbocycles. The lowest BCUT2D eigenvalue weighted by Gasteiger charge is -2.36. The molecule has 0 radical (unpaired) electrons. The number of carbonyl (C=O) groups is 1. The monoisotopic (exact) mass is 410 g/mol. The third-order valence-corrected chi connectivity index (χ3v) is 5.56. The summed E-state index contributed by atoms with van der Waals surface area (Å²) in [6.07, 6.45) is 0. The van der Waals surface area contributed by atoms with Gasteiger partial charge < -0.3 is 19.5 Å². The first kappa shape index (κ1) is 19.2. The third kappa shape index (κ3) is 3.75. The van der Waals surface area contributed by atoms with E-state index in [2.05, 4.69) is 9.88 Å². The number of fused-ring (bicyclic) bond motifs is 1. The Labute approximate surface area is 173 Å². The Bertz CT molecular complexity index is 1160. The minimum absolute atomic E-state index is 0.0618. The van der Waals surface area contributed by atoms with Crippen LogP contribution in [0.25, 0.3) is 10.9 Å². The van der Waals surface area contributed by atoms with Crippen molar-refractivity contribution >= 4 is 34.7 Å². The molecule has 0 bridgehead atoms. The van der Waals surface area contributed by atoms with Crippen molar-refractivity contribution in [1.29, 1.82) is 0 Å². The number of rotatable bonds is 4. The molecule has 1 aliphatic rings. The Kier molecular flexibility index (Phi) is 5.35. The first-order valence-corrected chi connectivity index (χ1v) is 9.87. The number of H-pyrrole nitrogens is 1. The normalized spacial score (nSPS) is 14.2. The van der Waals surface area contributed by atoms with E-state index in [1.165, 1.54) is 4.57 Å². The molecule has 0 saturated carbocycles. The Hall–Kier alpha value is -3.13. The van der Waals surface area contributed by atoms with Gasteiger partial charge in [0.05, 0.1) is 23.7 Å². The number of anilines is 1. The summed E-state index contributed by atoms with van der Waals surface area (Å²) in [6, 6.07) is 15.0. The van der Waals surface area contributed by atoms with E-state index < -0.39 is 0 Å². The number of ether oxygens (including phenoxy) is 1. The summed E-state index contributed by atoms with van der Waals surface area (Å²) in [4.78, 5) is 32.6. The van der Waals surface area contributed by atoms with Crippen LogP contribution in [0.5, 0.6) is 5.75 Å². The van der Waals surface area contributed by atoms with E-state index in [-0.39, 0.29) is 22.8 Å². The molecule has 1 fully saturated rings. The highest BCUT2D eigenvalue weighted by Gasteiger charge is 2.23. The Balaban J connectivity index is 1.48. The number of piperazine rings is 1. The van der Waals surface area contributed by atoms with Crippen molar-refractivity contribution in [3.05, 3.63) is 63.7 Å². The van der Waals surface area contributed by atoms with Gasteiger partial charge in [0, 0.05) is 26.2 Å². The van der Waals surface area contributed by atoms with Gasteiger partial charge in [-0.25, -0.2) is 0 Å². The van der Waals surface area contributed by atoms with Crippen LogP contribution >= 0.6 is 12.2 Å². The second-order valence-electron chi connectivity index (χ2n) is 6.91. The number of nitrogens with zero attached hydrogens (tertiary/aromatic N) is 3. The molecule has 0 atom stereocenters. The van der Waals surface area contributed by atoms with Crippen molar-refractivity contribution in [2.24, 2.45) is 0 Å². The zero-order valence-corrected chi connectivity index (χ0v) is 16.9. The highest BCUT2D eigenvalue weighted by molar-refractivity contribution is 7.71. The molecule has 4 rings (SSSR count). The first-order chi connectivity index (χ1) is 14.1. The number of benzene rings is 2. The lowest BCUT2D eigenvalue weighted by Crippen LogP contribution is -2.50. The second kappa shape index (κ2) is 8.08. The average molecular weight is 410 g/mol. The summed E-state index contributed by atoms with van der Waals surface area (Å²) in [5.74, 6) is 0.711. The Morgan fingerprint density at radius 3 is 2.52 bits per heavy atom. The number of hydrogen-bond donors (Lipinski definition) is 1. The van der Waals surface area contributed by atoms with E-state index in [0.29, 0.717) is 37.1 Å². The van der Waals surface area contributed by atoms with Gasteiger partial charge in [-0.2, -0.15) is 0 Å². The molecule has 150 valence electrons. The van der Waals surface area contributed by atoms with Gasteiger partial charge in [0.1, 0.15) is 12.3 Å². The summed E-state index contributed by atoms with van der Waals surface area (Å²) in [7, 11) is 1.66. The molecule has 3 aromatic rings. The van der Waals surface area contributed by atoms with Gasteiger partial charge in [0.15, 0.2) is 4.77 Å². The quantitative estimate of drug-likeness (QED) is 0.669. The number of carbonyl (C=O) groups excluding carboxylic acids is 1. The minimum Gasteiger partial charge on any atom is -0.495 e. The fourth-order valence-electron chi connectivity index (χ4n) is 3.67. The molecule has 1 saturated heterocycles. The van der Waals surface area contributed by atoms with Gasteiger partial charge in [0.2, 0.25) is 5.91 Å². The molecule has 1 aliphatic heterocycles. The number of hydrogen-bond acceptors (Lipinski definition) is 5. The van der Waals surface area contributed by atoms with E-state index in [9.17, 15) is 9.59 Å². The van der Waals surface area contributed by atoms with Crippen molar-refractivity contribution in [2.45, 2.75) is 6.54 Å². The highest BCUT2D eigenvalue weighted by atomic mass is 32.1. The maximum Gasteiger partial charge on any atom is 0.262 e. The zero-order chi connectivity index (χ0) is 20.4. The van der Waals surface area contributed by atoms with Crippen LogP contribution in [0.1, 0.15) is 0 Å². The molecule has 0 aliphatic carbocycles. The van der Waals surface area contributed by atoms with Crippen LogP contribution < -0.4 is 15.2 Å². The van der Waals surface area contributed by atoms with Gasteiger partial charge in [-0.15, -0.1) is 0 Å². The number of nitrogens with one attached hydrogen (secondary N) is 1. The Morgan fingerprint density at radius 1 is 1.07 bits per heavy atom. The van der Waals surface area contributed by atoms with Gasteiger partial charge in [0.25, 0.3) is 5.56 Å². The van der Waals surface area contributed by atoms with Crippen LogP contribution in [0.15, 0.2) is 53.3 Å². The summed E-state index contributed by atoms with van der Waals surface area (Å²) >= 11 is 5.31. The van der Waals surface area contributed by atoms with Gasteiger partial charge in [-0.1, -0.05) is 24.3 Å². The predicted octanol–water partition coefficient (Wildman–Crippen LogP) is 2.42. The molecule has 0 spiro atoms. The van der Waals surface area contributed by atoms with Gasteiger partial charge >= 0.3 is 0 Å². The molecule has 1 amide bonds. The summed E-state index contributed by atoms with van der Waals surface area (Å²) in [5, 5.41) is 0.523. The molecular weight excluding hydrogens is 388 g/mol. The van der Waals surface area contributed by atoms with E-state index in [0.717, 1.165) is 11.4 Å². The minimum atomic E-state index is -0.245. The van der Waals surface area contributed by atoms with Crippen molar-refractivity contribution < 1.29 is 9.53 Å². The number of amides is 1. The molecule has 2 heterocycles. The smallest absolute Gasteiger partial charge is 0.262 e. The second-order valence-corrected chi connectivity index (χ2v) is 7.29. The summed E-state index contributed by atoms with van der Waals surface area (Å²) in [5.41, 5.74) is 1.46. The maximum absolute atomic E-state index is 12.8. The Morgan fingerprint density at radius 2 is 1.76 bits per heavy atom. The SMILES string of the molecule is COc1ccccc1N1CCN(C(=O)Cn2c(=S)[nH]c3ccccc3c2=O)CC1. The predicted molar refractivity (Wildman–Crippen MR) is 115 cm³/mol. The van der Waals surface area contributed by atoms with Crippen molar-refractivity contribution in [2.75, 3.05) is 38.2 Å². The molecule has 1 N–H and O–H groups in total. The summed E-state index contributed by atoms with van der Waals surface area (Å²) < 4.78 is 7.04. The van der Waals surface area contributed by atoms with Gasteiger partial charge in [-0.3, -0.25) is 14.2 Å². The van der Waals surface area contributed by atoms with Crippen LogP contribution in [0, 0.1) is 4.77 Å². The van der Waals surface area contributed by atoms with Crippen LogP contribution in [-0.4, -0.2) is 53.6 Å². The van der Waals surface area contributed by atoms with Crippen LogP contribution in [0.3, 0.4) is 0 Å². The topological polar surface area (TPSA) is 70.6 Å². The van der Waals surface area contributed by atoms with E-state index in [1.54, 1.807) is 30.2 Å². The van der Waals surface area contributed by atoms with Crippen LogP contribution in [0.4, 0.5) is 5.69 Å².